The molecule has 1 amide bonds. The Balaban J connectivity index is 1.94. The molecule has 1 aliphatic heterocycles. The lowest BCUT2D eigenvalue weighted by Gasteiger charge is -2.34. The molecule has 2 heterocycles. The van der Waals surface area contributed by atoms with Crippen LogP contribution >= 0.6 is 0 Å². The second-order valence-corrected chi connectivity index (χ2v) is 8.03. The summed E-state index contributed by atoms with van der Waals surface area (Å²) in [5, 5.41) is 0. The maximum Gasteiger partial charge on any atom is 0.343 e. The van der Waals surface area contributed by atoms with Crippen LogP contribution in [-0.2, 0) is 21.4 Å². The Morgan fingerprint density at radius 2 is 1.68 bits per heavy atom. The molecule has 0 N–H and O–H groups in total. The number of carbonyl (C=O) groups excluding carboxylic acids is 1. The van der Waals surface area contributed by atoms with Gasteiger partial charge in [-0.15, -0.1) is 0 Å². The van der Waals surface area contributed by atoms with Crippen molar-refractivity contribution in [1.29, 1.82) is 0 Å². The molecule has 0 radical (unpaired) electrons. The minimum atomic E-state index is -3.76. The number of para-hydroxylation sites is 2. The van der Waals surface area contributed by atoms with Gasteiger partial charge >= 0.3 is 5.69 Å². The largest absolute Gasteiger partial charge is 0.343 e. The van der Waals surface area contributed by atoms with Crippen LogP contribution in [0.25, 0.3) is 11.0 Å². The van der Waals surface area contributed by atoms with Crippen molar-refractivity contribution >= 4 is 27.0 Å². The van der Waals surface area contributed by atoms with Gasteiger partial charge in [0.15, 0.2) is 0 Å². The van der Waals surface area contributed by atoms with E-state index in [1.54, 1.807) is 29.2 Å². The summed E-state index contributed by atoms with van der Waals surface area (Å²) in [5.41, 5.74) is 0.0290. The summed E-state index contributed by atoms with van der Waals surface area (Å²) in [6.07, 6.45) is 0.983. The van der Waals surface area contributed by atoms with Gasteiger partial charge in [-0.2, -0.15) is 3.97 Å². The Morgan fingerprint density at radius 3 is 2.24 bits per heavy atom. The average molecular weight is 366 g/mol. The van der Waals surface area contributed by atoms with E-state index in [0.29, 0.717) is 24.1 Å². The van der Waals surface area contributed by atoms with Crippen molar-refractivity contribution in [3.8, 4) is 0 Å². The molecule has 8 nitrogen and oxygen atoms in total. The highest BCUT2D eigenvalue weighted by molar-refractivity contribution is 7.89. The van der Waals surface area contributed by atoms with E-state index in [2.05, 4.69) is 11.8 Å². The van der Waals surface area contributed by atoms with Crippen molar-refractivity contribution in [2.45, 2.75) is 13.5 Å². The van der Waals surface area contributed by atoms with Crippen molar-refractivity contribution in [1.82, 2.24) is 18.3 Å². The van der Waals surface area contributed by atoms with Crippen molar-refractivity contribution in [3.63, 3.8) is 0 Å². The Kier molecular flexibility index (Phi) is 4.70. The van der Waals surface area contributed by atoms with Crippen molar-refractivity contribution in [2.75, 3.05) is 39.0 Å². The summed E-state index contributed by atoms with van der Waals surface area (Å²) in [7, 11) is -3.76. The van der Waals surface area contributed by atoms with E-state index in [1.807, 2.05) is 0 Å². The fourth-order valence-electron chi connectivity index (χ4n) is 3.20. The maximum absolute atomic E-state index is 12.6. The fourth-order valence-corrected chi connectivity index (χ4v) is 4.10. The molecule has 0 atom stereocenters. The van der Waals surface area contributed by atoms with E-state index in [9.17, 15) is 18.0 Å². The summed E-state index contributed by atoms with van der Waals surface area (Å²) in [6, 6.07) is 6.61. The van der Waals surface area contributed by atoms with Crippen LogP contribution in [-0.4, -0.2) is 71.6 Å². The van der Waals surface area contributed by atoms with Crippen molar-refractivity contribution in [2.24, 2.45) is 0 Å². The third-order valence-electron chi connectivity index (χ3n) is 4.59. The summed E-state index contributed by atoms with van der Waals surface area (Å²) in [5.74, 6) is -0.172. The van der Waals surface area contributed by atoms with Gasteiger partial charge in [0.05, 0.1) is 17.3 Å². The first-order valence-corrected chi connectivity index (χ1v) is 10.1. The predicted octanol–water partition coefficient (Wildman–Crippen LogP) is -0.225. The molecule has 2 aromatic rings. The van der Waals surface area contributed by atoms with Crippen LogP contribution in [0.1, 0.15) is 6.92 Å². The molecule has 1 aromatic heterocycles. The van der Waals surface area contributed by atoms with Crippen LogP contribution in [0.3, 0.4) is 0 Å². The van der Waals surface area contributed by atoms with E-state index in [0.717, 1.165) is 29.9 Å². The zero-order chi connectivity index (χ0) is 18.2. The van der Waals surface area contributed by atoms with Crippen LogP contribution in [0.4, 0.5) is 0 Å². The number of carbonyl (C=O) groups is 1. The number of benzene rings is 1. The third kappa shape index (κ3) is 3.34. The highest BCUT2D eigenvalue weighted by Gasteiger charge is 2.24. The SMILES string of the molecule is CCN1CCN(C(=O)Cn2c(=O)n(S(C)(=O)=O)c3ccccc32)CC1. The Morgan fingerprint density at radius 1 is 1.08 bits per heavy atom. The van der Waals surface area contributed by atoms with Gasteiger partial charge < -0.3 is 9.80 Å². The third-order valence-corrected chi connectivity index (χ3v) is 5.61. The standard InChI is InChI=1S/C16H22N4O4S/c1-3-17-8-10-18(11-9-17)15(21)12-19-13-6-4-5-7-14(13)20(16(19)22)25(2,23)24/h4-7H,3,8-12H2,1-2H3. The van der Waals surface area contributed by atoms with Gasteiger partial charge in [0.25, 0.3) is 0 Å². The molecule has 0 spiro atoms. The molecule has 25 heavy (non-hydrogen) atoms. The normalized spacial score (nSPS) is 16.5. The van der Waals surface area contributed by atoms with Crippen molar-refractivity contribution < 1.29 is 13.2 Å². The number of aromatic nitrogens is 2. The average Bonchev–Trinajstić information content (AvgIpc) is 2.87. The van der Waals surface area contributed by atoms with Gasteiger partial charge in [0.2, 0.25) is 15.9 Å². The fraction of sp³-hybridized carbons (Fsp3) is 0.500. The Labute approximate surface area is 146 Å². The zero-order valence-corrected chi connectivity index (χ0v) is 15.2. The minimum Gasteiger partial charge on any atom is -0.339 e. The lowest BCUT2D eigenvalue weighted by atomic mass is 10.3. The predicted molar refractivity (Wildman–Crippen MR) is 95.1 cm³/mol. The smallest absolute Gasteiger partial charge is 0.339 e. The number of piperazine rings is 1. The molecular formula is C16H22N4O4S. The van der Waals surface area contributed by atoms with Crippen LogP contribution in [0, 0.1) is 0 Å². The molecule has 9 heteroatoms. The molecule has 0 aliphatic carbocycles. The van der Waals surface area contributed by atoms with Gasteiger partial charge in [-0.25, -0.2) is 13.2 Å². The van der Waals surface area contributed by atoms with E-state index in [4.69, 9.17) is 0 Å². The monoisotopic (exact) mass is 366 g/mol. The van der Waals surface area contributed by atoms with E-state index < -0.39 is 15.7 Å². The molecule has 1 fully saturated rings. The Hall–Kier alpha value is -2.13. The number of hydrogen-bond donors (Lipinski definition) is 0. The molecule has 1 aromatic carbocycles. The number of hydrogen-bond acceptors (Lipinski definition) is 5. The minimum absolute atomic E-state index is 0.159. The number of fused-ring (bicyclic) bond motifs is 1. The molecule has 0 saturated carbocycles. The summed E-state index contributed by atoms with van der Waals surface area (Å²) >= 11 is 0. The first-order chi connectivity index (χ1) is 11.8. The number of rotatable bonds is 4. The Bertz CT molecular complexity index is 952. The number of likely N-dealkylation sites (N-methyl/N-ethyl adjacent to an activating group) is 1. The van der Waals surface area contributed by atoms with Gasteiger partial charge in [-0.05, 0) is 18.7 Å². The van der Waals surface area contributed by atoms with Gasteiger partial charge in [-0.1, -0.05) is 19.1 Å². The number of amides is 1. The molecule has 0 unspecified atom stereocenters. The molecular weight excluding hydrogens is 344 g/mol. The van der Waals surface area contributed by atoms with Crippen molar-refractivity contribution in [3.05, 3.63) is 34.7 Å². The first kappa shape index (κ1) is 17.7. The second-order valence-electron chi connectivity index (χ2n) is 6.20. The van der Waals surface area contributed by atoms with Gasteiger partial charge in [0, 0.05) is 26.2 Å². The van der Waals surface area contributed by atoms with E-state index in [-0.39, 0.29) is 12.5 Å². The summed E-state index contributed by atoms with van der Waals surface area (Å²) < 4.78 is 26.0. The molecule has 0 bridgehead atoms. The molecule has 136 valence electrons. The highest BCUT2D eigenvalue weighted by Crippen LogP contribution is 2.15. The van der Waals surface area contributed by atoms with Crippen LogP contribution in [0.5, 0.6) is 0 Å². The quantitative estimate of drug-likeness (QED) is 0.747. The van der Waals surface area contributed by atoms with Gasteiger partial charge in [-0.3, -0.25) is 9.36 Å². The summed E-state index contributed by atoms with van der Waals surface area (Å²) in [4.78, 5) is 29.2. The molecule has 1 aliphatic rings. The number of imidazole rings is 1. The van der Waals surface area contributed by atoms with E-state index >= 15 is 0 Å². The lowest BCUT2D eigenvalue weighted by Crippen LogP contribution is -2.49. The second kappa shape index (κ2) is 6.64. The first-order valence-electron chi connectivity index (χ1n) is 8.24. The van der Waals surface area contributed by atoms with E-state index in [1.165, 1.54) is 4.57 Å². The molecule has 1 saturated heterocycles. The maximum atomic E-state index is 12.6. The van der Waals surface area contributed by atoms with Crippen LogP contribution in [0.2, 0.25) is 0 Å². The number of nitrogens with zero attached hydrogens (tertiary/aromatic N) is 4. The van der Waals surface area contributed by atoms with Gasteiger partial charge in [0.1, 0.15) is 6.54 Å². The van der Waals surface area contributed by atoms with Crippen LogP contribution in [0.15, 0.2) is 29.1 Å². The summed E-state index contributed by atoms with van der Waals surface area (Å²) in [6.45, 7) is 5.72. The molecule has 3 rings (SSSR count). The highest BCUT2D eigenvalue weighted by atomic mass is 32.2. The topological polar surface area (TPSA) is 84.6 Å². The zero-order valence-electron chi connectivity index (χ0n) is 14.4. The lowest BCUT2D eigenvalue weighted by molar-refractivity contribution is -0.133. The van der Waals surface area contributed by atoms with Crippen LogP contribution < -0.4 is 5.69 Å².